The topological polar surface area (TPSA) is 41.5 Å². The van der Waals surface area contributed by atoms with Gasteiger partial charge < -0.3 is 15.2 Å². The van der Waals surface area contributed by atoms with Crippen molar-refractivity contribution in [3.05, 3.63) is 59.2 Å². The number of phenolic OH excluding ortho intramolecular Hbond substituents is 1. The molecular formula is C17H22ClNO2. The van der Waals surface area contributed by atoms with Crippen molar-refractivity contribution in [3.8, 4) is 11.5 Å². The maximum atomic E-state index is 9.98. The highest BCUT2D eigenvalue weighted by atomic mass is 35.5. The standard InChI is InChI=1S/C17H21NO2.ClH/c1-13-6-3-4-7-14(13)10-11-18-12-15-8-5-9-16(20-2)17(15)19;/h3-9,18-19H,10-12H2,1-2H3;1H. The number of aromatic hydroxyl groups is 1. The Balaban J connectivity index is 0.00000220. The molecule has 0 aliphatic heterocycles. The second-order valence-electron chi connectivity index (χ2n) is 4.82. The lowest BCUT2D eigenvalue weighted by molar-refractivity contribution is 0.369. The lowest BCUT2D eigenvalue weighted by Gasteiger charge is -2.10. The van der Waals surface area contributed by atoms with Crippen molar-refractivity contribution in [1.82, 2.24) is 5.32 Å². The zero-order valence-corrected chi connectivity index (χ0v) is 13.2. The predicted octanol–water partition coefficient (Wildman–Crippen LogP) is 3.46. The fourth-order valence-corrected chi connectivity index (χ4v) is 2.21. The maximum Gasteiger partial charge on any atom is 0.162 e. The molecular weight excluding hydrogens is 286 g/mol. The van der Waals surface area contributed by atoms with Crippen molar-refractivity contribution in [2.75, 3.05) is 13.7 Å². The minimum atomic E-state index is 0. The van der Waals surface area contributed by atoms with Gasteiger partial charge in [0, 0.05) is 12.1 Å². The Morgan fingerprint density at radius 3 is 2.48 bits per heavy atom. The summed E-state index contributed by atoms with van der Waals surface area (Å²) in [6.07, 6.45) is 0.984. The van der Waals surface area contributed by atoms with Crippen LogP contribution in [0.3, 0.4) is 0 Å². The van der Waals surface area contributed by atoms with Crippen LogP contribution in [0.2, 0.25) is 0 Å². The quantitative estimate of drug-likeness (QED) is 0.803. The Kier molecular flexibility index (Phi) is 7.06. The minimum absolute atomic E-state index is 0. The van der Waals surface area contributed by atoms with Gasteiger partial charge in [0.05, 0.1) is 7.11 Å². The maximum absolute atomic E-state index is 9.98. The molecule has 0 amide bonds. The number of halogens is 1. The second-order valence-corrected chi connectivity index (χ2v) is 4.82. The van der Waals surface area contributed by atoms with Gasteiger partial charge in [-0.25, -0.2) is 0 Å². The number of ether oxygens (including phenoxy) is 1. The van der Waals surface area contributed by atoms with Crippen LogP contribution in [0.15, 0.2) is 42.5 Å². The summed E-state index contributed by atoms with van der Waals surface area (Å²) in [4.78, 5) is 0. The molecule has 2 N–H and O–H groups in total. The molecule has 0 bridgehead atoms. The SMILES string of the molecule is COc1cccc(CNCCc2ccccc2C)c1O.Cl. The van der Waals surface area contributed by atoms with Gasteiger partial charge in [-0.05, 0) is 37.1 Å². The molecule has 0 heterocycles. The zero-order chi connectivity index (χ0) is 14.4. The third kappa shape index (κ3) is 4.66. The fourth-order valence-electron chi connectivity index (χ4n) is 2.21. The Bertz CT molecular complexity index is 572. The minimum Gasteiger partial charge on any atom is -0.504 e. The molecule has 2 rings (SSSR count). The van der Waals surface area contributed by atoms with E-state index in [2.05, 4.69) is 36.5 Å². The summed E-state index contributed by atoms with van der Waals surface area (Å²) < 4.78 is 5.10. The van der Waals surface area contributed by atoms with Gasteiger partial charge in [-0.15, -0.1) is 12.4 Å². The first-order valence-corrected chi connectivity index (χ1v) is 6.82. The van der Waals surface area contributed by atoms with Crippen LogP contribution in [0.25, 0.3) is 0 Å². The first kappa shape index (κ1) is 17.3. The molecule has 0 fully saturated rings. The Morgan fingerprint density at radius 1 is 1.05 bits per heavy atom. The number of aryl methyl sites for hydroxylation is 1. The van der Waals surface area contributed by atoms with Crippen LogP contribution in [0, 0.1) is 6.92 Å². The lowest BCUT2D eigenvalue weighted by Crippen LogP contribution is -2.17. The molecule has 0 saturated carbocycles. The van der Waals surface area contributed by atoms with Crippen molar-refractivity contribution in [3.63, 3.8) is 0 Å². The molecule has 0 atom stereocenters. The number of nitrogens with one attached hydrogen (secondary N) is 1. The Hall–Kier alpha value is -1.71. The summed E-state index contributed by atoms with van der Waals surface area (Å²) in [5.41, 5.74) is 3.53. The molecule has 2 aromatic rings. The molecule has 3 nitrogen and oxygen atoms in total. The predicted molar refractivity (Wildman–Crippen MR) is 88.5 cm³/mol. The zero-order valence-electron chi connectivity index (χ0n) is 12.4. The highest BCUT2D eigenvalue weighted by Gasteiger charge is 2.06. The highest BCUT2D eigenvalue weighted by Crippen LogP contribution is 2.29. The van der Waals surface area contributed by atoms with Crippen LogP contribution in [0.4, 0.5) is 0 Å². The third-order valence-electron chi connectivity index (χ3n) is 3.45. The molecule has 0 unspecified atom stereocenters. The Labute approximate surface area is 132 Å². The first-order chi connectivity index (χ1) is 9.72. The van der Waals surface area contributed by atoms with Gasteiger partial charge >= 0.3 is 0 Å². The van der Waals surface area contributed by atoms with Crippen molar-refractivity contribution in [2.45, 2.75) is 19.9 Å². The summed E-state index contributed by atoms with van der Waals surface area (Å²) in [7, 11) is 1.56. The molecule has 0 aromatic heterocycles. The van der Waals surface area contributed by atoms with E-state index in [1.165, 1.54) is 11.1 Å². The van der Waals surface area contributed by atoms with E-state index >= 15 is 0 Å². The summed E-state index contributed by atoms with van der Waals surface area (Å²) in [5, 5.41) is 13.3. The largest absolute Gasteiger partial charge is 0.504 e. The Morgan fingerprint density at radius 2 is 1.76 bits per heavy atom. The van der Waals surface area contributed by atoms with Crippen LogP contribution in [-0.4, -0.2) is 18.8 Å². The van der Waals surface area contributed by atoms with E-state index < -0.39 is 0 Å². The molecule has 0 aliphatic carbocycles. The van der Waals surface area contributed by atoms with E-state index in [-0.39, 0.29) is 18.2 Å². The van der Waals surface area contributed by atoms with Crippen molar-refractivity contribution in [1.29, 1.82) is 0 Å². The van der Waals surface area contributed by atoms with E-state index in [1.54, 1.807) is 13.2 Å². The fraction of sp³-hybridized carbons (Fsp3) is 0.294. The number of methoxy groups -OCH3 is 1. The van der Waals surface area contributed by atoms with Gasteiger partial charge in [-0.1, -0.05) is 36.4 Å². The molecule has 0 aliphatic rings. The van der Waals surface area contributed by atoms with Crippen LogP contribution in [-0.2, 0) is 13.0 Å². The van der Waals surface area contributed by atoms with Crippen molar-refractivity contribution in [2.24, 2.45) is 0 Å². The number of benzene rings is 2. The first-order valence-electron chi connectivity index (χ1n) is 6.82. The van der Waals surface area contributed by atoms with E-state index in [0.717, 1.165) is 18.5 Å². The summed E-state index contributed by atoms with van der Waals surface area (Å²) in [6.45, 7) is 3.64. The number of phenols is 1. The average molecular weight is 308 g/mol. The monoisotopic (exact) mass is 307 g/mol. The van der Waals surface area contributed by atoms with Crippen molar-refractivity contribution < 1.29 is 9.84 Å². The van der Waals surface area contributed by atoms with Crippen molar-refractivity contribution >= 4 is 12.4 Å². The van der Waals surface area contributed by atoms with Gasteiger partial charge in [0.2, 0.25) is 0 Å². The van der Waals surface area contributed by atoms with Gasteiger partial charge in [-0.2, -0.15) is 0 Å². The number of rotatable bonds is 6. The van der Waals surface area contributed by atoms with Crippen LogP contribution in [0.1, 0.15) is 16.7 Å². The van der Waals surface area contributed by atoms with Crippen LogP contribution < -0.4 is 10.1 Å². The second kappa shape index (κ2) is 8.55. The number of para-hydroxylation sites is 1. The van der Waals surface area contributed by atoms with Crippen LogP contribution in [0.5, 0.6) is 11.5 Å². The molecule has 0 radical (unpaired) electrons. The third-order valence-corrected chi connectivity index (χ3v) is 3.45. The van der Waals surface area contributed by atoms with Gasteiger partial charge in [0.25, 0.3) is 0 Å². The summed E-state index contributed by atoms with van der Waals surface area (Å²) in [6, 6.07) is 13.9. The number of hydrogen-bond acceptors (Lipinski definition) is 3. The van der Waals surface area contributed by atoms with E-state index in [9.17, 15) is 5.11 Å². The highest BCUT2D eigenvalue weighted by molar-refractivity contribution is 5.85. The smallest absolute Gasteiger partial charge is 0.162 e. The average Bonchev–Trinajstić information content (AvgIpc) is 2.47. The molecule has 4 heteroatoms. The lowest BCUT2D eigenvalue weighted by atomic mass is 10.1. The summed E-state index contributed by atoms with van der Waals surface area (Å²) >= 11 is 0. The van der Waals surface area contributed by atoms with Gasteiger partial charge in [0.15, 0.2) is 11.5 Å². The van der Waals surface area contributed by atoms with Crippen LogP contribution >= 0.6 is 12.4 Å². The van der Waals surface area contributed by atoms with Gasteiger partial charge in [-0.3, -0.25) is 0 Å². The van der Waals surface area contributed by atoms with E-state index in [4.69, 9.17) is 4.74 Å². The normalized spacial score (nSPS) is 10.0. The van der Waals surface area contributed by atoms with Gasteiger partial charge in [0.1, 0.15) is 0 Å². The molecule has 114 valence electrons. The van der Waals surface area contributed by atoms with E-state index in [0.29, 0.717) is 12.3 Å². The molecule has 2 aromatic carbocycles. The number of hydrogen-bond donors (Lipinski definition) is 2. The molecule has 21 heavy (non-hydrogen) atoms. The summed E-state index contributed by atoms with van der Waals surface area (Å²) in [5.74, 6) is 0.738. The molecule has 0 saturated heterocycles. The van der Waals surface area contributed by atoms with E-state index in [1.807, 2.05) is 12.1 Å². The molecule has 0 spiro atoms.